The Balaban J connectivity index is 1.99. The van der Waals surface area contributed by atoms with Gasteiger partial charge < -0.3 is 15.4 Å². The molecule has 0 atom stereocenters. The Morgan fingerprint density at radius 1 is 1.05 bits per heavy atom. The molecule has 98 valence electrons. The van der Waals surface area contributed by atoms with Crippen LogP contribution >= 0.6 is 12.2 Å². The Morgan fingerprint density at radius 3 is 2.37 bits per heavy atom. The van der Waals surface area contributed by atoms with Crippen molar-refractivity contribution in [3.05, 3.63) is 54.3 Å². The number of para-hydroxylation sites is 1. The lowest BCUT2D eigenvalue weighted by molar-refractivity contribution is 0.415. The third-order valence-electron chi connectivity index (χ3n) is 2.47. The fraction of sp³-hybridized carbons (Fsp3) is 0.0714. The summed E-state index contributed by atoms with van der Waals surface area (Å²) < 4.78 is 18.5. The number of ether oxygens (including phenoxy) is 1. The number of anilines is 2. The molecule has 0 saturated heterocycles. The van der Waals surface area contributed by atoms with Gasteiger partial charge in [0.2, 0.25) is 0 Å². The summed E-state index contributed by atoms with van der Waals surface area (Å²) >= 11 is 5.12. The van der Waals surface area contributed by atoms with Gasteiger partial charge in [-0.05, 0) is 48.6 Å². The van der Waals surface area contributed by atoms with E-state index in [0.717, 1.165) is 11.4 Å². The smallest absolute Gasteiger partial charge is 0.175 e. The van der Waals surface area contributed by atoms with Crippen LogP contribution in [0.15, 0.2) is 48.5 Å². The summed E-state index contributed by atoms with van der Waals surface area (Å²) in [6.45, 7) is 0. The van der Waals surface area contributed by atoms with Crippen molar-refractivity contribution >= 4 is 28.7 Å². The van der Waals surface area contributed by atoms with Gasteiger partial charge in [-0.15, -0.1) is 0 Å². The van der Waals surface area contributed by atoms with E-state index in [4.69, 9.17) is 17.0 Å². The number of thiocarbonyl (C=S) groups is 1. The molecule has 2 rings (SSSR count). The topological polar surface area (TPSA) is 33.3 Å². The van der Waals surface area contributed by atoms with Gasteiger partial charge in [-0.3, -0.25) is 0 Å². The van der Waals surface area contributed by atoms with E-state index in [1.807, 2.05) is 24.3 Å². The van der Waals surface area contributed by atoms with E-state index in [-0.39, 0.29) is 5.82 Å². The molecule has 0 heterocycles. The van der Waals surface area contributed by atoms with Crippen LogP contribution in [0.2, 0.25) is 0 Å². The highest BCUT2D eigenvalue weighted by molar-refractivity contribution is 7.80. The van der Waals surface area contributed by atoms with Gasteiger partial charge in [-0.1, -0.05) is 12.1 Å². The summed E-state index contributed by atoms with van der Waals surface area (Å²) in [5.41, 5.74) is 1.14. The highest BCUT2D eigenvalue weighted by Crippen LogP contribution is 2.16. The van der Waals surface area contributed by atoms with Crippen molar-refractivity contribution < 1.29 is 9.13 Å². The normalized spacial score (nSPS) is 9.79. The molecule has 2 N–H and O–H groups in total. The molecule has 0 amide bonds. The molecule has 0 bridgehead atoms. The summed E-state index contributed by atoms with van der Waals surface area (Å²) in [5, 5.41) is 6.10. The van der Waals surface area contributed by atoms with E-state index in [1.54, 1.807) is 25.3 Å². The van der Waals surface area contributed by atoms with Crippen LogP contribution in [0.3, 0.4) is 0 Å². The van der Waals surface area contributed by atoms with Crippen molar-refractivity contribution in [3.63, 3.8) is 0 Å². The first-order chi connectivity index (χ1) is 9.19. The zero-order chi connectivity index (χ0) is 13.7. The third kappa shape index (κ3) is 3.66. The largest absolute Gasteiger partial charge is 0.497 e. The summed E-state index contributed by atoms with van der Waals surface area (Å²) in [6.07, 6.45) is 0. The van der Waals surface area contributed by atoms with Gasteiger partial charge >= 0.3 is 0 Å². The second kappa shape index (κ2) is 6.15. The standard InChI is InChI=1S/C14H13FN2OS/c1-18-11-8-6-10(7-9-11)16-14(19)17-13-5-3-2-4-12(13)15/h2-9H,1H3,(H2,16,17,19). The van der Waals surface area contributed by atoms with Crippen LogP contribution < -0.4 is 15.4 Å². The minimum Gasteiger partial charge on any atom is -0.497 e. The van der Waals surface area contributed by atoms with Crippen molar-refractivity contribution in [2.75, 3.05) is 17.7 Å². The van der Waals surface area contributed by atoms with E-state index in [1.165, 1.54) is 6.07 Å². The van der Waals surface area contributed by atoms with E-state index >= 15 is 0 Å². The van der Waals surface area contributed by atoms with Gasteiger partial charge in [0.1, 0.15) is 11.6 Å². The van der Waals surface area contributed by atoms with E-state index in [0.29, 0.717) is 10.8 Å². The Hall–Kier alpha value is -2.14. The fourth-order valence-corrected chi connectivity index (χ4v) is 1.75. The molecule has 0 aromatic heterocycles. The first-order valence-electron chi connectivity index (χ1n) is 5.65. The zero-order valence-electron chi connectivity index (χ0n) is 10.3. The van der Waals surface area contributed by atoms with Crippen molar-refractivity contribution in [2.45, 2.75) is 0 Å². The molecule has 0 aliphatic carbocycles. The number of methoxy groups -OCH3 is 1. The Labute approximate surface area is 116 Å². The number of hydrogen-bond donors (Lipinski definition) is 2. The maximum absolute atomic E-state index is 13.4. The summed E-state index contributed by atoms with van der Waals surface area (Å²) in [4.78, 5) is 0. The summed E-state index contributed by atoms with van der Waals surface area (Å²) in [5.74, 6) is 0.417. The lowest BCUT2D eigenvalue weighted by Gasteiger charge is -2.11. The van der Waals surface area contributed by atoms with Gasteiger partial charge in [0.15, 0.2) is 5.11 Å². The highest BCUT2D eigenvalue weighted by atomic mass is 32.1. The molecular formula is C14H13FN2OS. The first kappa shape index (κ1) is 13.3. The second-order valence-electron chi connectivity index (χ2n) is 3.79. The number of rotatable bonds is 3. The number of benzene rings is 2. The predicted molar refractivity (Wildman–Crippen MR) is 79.2 cm³/mol. The van der Waals surface area contributed by atoms with Crippen LogP contribution in [-0.2, 0) is 0 Å². The minimum atomic E-state index is -0.346. The van der Waals surface area contributed by atoms with E-state index in [9.17, 15) is 4.39 Å². The lowest BCUT2D eigenvalue weighted by Crippen LogP contribution is -2.19. The monoisotopic (exact) mass is 276 g/mol. The zero-order valence-corrected chi connectivity index (χ0v) is 11.1. The van der Waals surface area contributed by atoms with E-state index in [2.05, 4.69) is 10.6 Å². The van der Waals surface area contributed by atoms with Crippen LogP contribution in [0.1, 0.15) is 0 Å². The van der Waals surface area contributed by atoms with Crippen LogP contribution in [-0.4, -0.2) is 12.2 Å². The van der Waals surface area contributed by atoms with Crippen molar-refractivity contribution in [1.82, 2.24) is 0 Å². The molecule has 2 aromatic carbocycles. The molecule has 5 heteroatoms. The fourth-order valence-electron chi connectivity index (χ4n) is 1.52. The third-order valence-corrected chi connectivity index (χ3v) is 2.67. The second-order valence-corrected chi connectivity index (χ2v) is 4.20. The van der Waals surface area contributed by atoms with Gasteiger partial charge in [0.05, 0.1) is 12.8 Å². The van der Waals surface area contributed by atoms with Crippen molar-refractivity contribution in [1.29, 1.82) is 0 Å². The minimum absolute atomic E-state index is 0.329. The molecule has 0 radical (unpaired) electrons. The number of halogens is 1. The number of nitrogens with one attached hydrogen (secondary N) is 2. The molecule has 2 aromatic rings. The average Bonchev–Trinajstić information content (AvgIpc) is 2.42. The predicted octanol–water partition coefficient (Wildman–Crippen LogP) is 3.64. The van der Waals surface area contributed by atoms with Crippen LogP contribution in [0.25, 0.3) is 0 Å². The Morgan fingerprint density at radius 2 is 1.74 bits per heavy atom. The van der Waals surface area contributed by atoms with Gasteiger partial charge in [0.25, 0.3) is 0 Å². The molecule has 0 spiro atoms. The Bertz CT molecular complexity index is 572. The summed E-state index contributed by atoms with van der Waals surface area (Å²) in [7, 11) is 1.60. The van der Waals surface area contributed by atoms with Crippen LogP contribution in [0, 0.1) is 5.82 Å². The van der Waals surface area contributed by atoms with Crippen LogP contribution in [0.4, 0.5) is 15.8 Å². The van der Waals surface area contributed by atoms with Crippen LogP contribution in [0.5, 0.6) is 5.75 Å². The average molecular weight is 276 g/mol. The van der Waals surface area contributed by atoms with E-state index < -0.39 is 0 Å². The quantitative estimate of drug-likeness (QED) is 0.839. The molecule has 3 nitrogen and oxygen atoms in total. The lowest BCUT2D eigenvalue weighted by atomic mass is 10.3. The van der Waals surface area contributed by atoms with Crippen molar-refractivity contribution in [3.8, 4) is 5.75 Å². The molecule has 0 aliphatic heterocycles. The molecule has 0 aliphatic rings. The maximum Gasteiger partial charge on any atom is 0.175 e. The number of hydrogen-bond acceptors (Lipinski definition) is 2. The van der Waals surface area contributed by atoms with Gasteiger partial charge in [0, 0.05) is 5.69 Å². The van der Waals surface area contributed by atoms with Crippen molar-refractivity contribution in [2.24, 2.45) is 0 Å². The highest BCUT2D eigenvalue weighted by Gasteiger charge is 2.03. The SMILES string of the molecule is COc1ccc(NC(=S)Nc2ccccc2F)cc1. The molecule has 19 heavy (non-hydrogen) atoms. The molecular weight excluding hydrogens is 263 g/mol. The maximum atomic E-state index is 13.4. The van der Waals surface area contributed by atoms with Gasteiger partial charge in [-0.25, -0.2) is 4.39 Å². The van der Waals surface area contributed by atoms with Gasteiger partial charge in [-0.2, -0.15) is 0 Å². The first-order valence-corrected chi connectivity index (χ1v) is 6.06. The summed E-state index contributed by atoms with van der Waals surface area (Å²) in [6, 6.07) is 13.6. The molecule has 0 unspecified atom stereocenters. The molecule has 0 fully saturated rings. The molecule has 0 saturated carbocycles. The Kier molecular flexibility index (Phi) is 4.30.